The van der Waals surface area contributed by atoms with Gasteiger partial charge in [-0.25, -0.2) is 4.68 Å². The number of ether oxygens (including phenoxy) is 1. The smallest absolute Gasteiger partial charge is 0.141 e. The molecule has 0 amide bonds. The van der Waals surface area contributed by atoms with Gasteiger partial charge >= 0.3 is 0 Å². The van der Waals surface area contributed by atoms with Gasteiger partial charge in [0.25, 0.3) is 0 Å². The maximum Gasteiger partial charge on any atom is 0.141 e. The molecule has 2 aromatic carbocycles. The number of hydrogen-bond acceptors (Lipinski definition) is 4. The Morgan fingerprint density at radius 2 is 1.76 bits per heavy atom. The summed E-state index contributed by atoms with van der Waals surface area (Å²) >= 11 is 6.19. The van der Waals surface area contributed by atoms with Gasteiger partial charge in [0.15, 0.2) is 0 Å². The Balaban J connectivity index is 1.51. The lowest BCUT2D eigenvalue weighted by atomic mass is 10.2. The van der Waals surface area contributed by atoms with E-state index in [1.165, 1.54) is 0 Å². The highest BCUT2D eigenvalue weighted by Gasteiger charge is 2.10. The van der Waals surface area contributed by atoms with Crippen molar-refractivity contribution in [2.24, 2.45) is 5.10 Å². The van der Waals surface area contributed by atoms with Gasteiger partial charge in [0.1, 0.15) is 25.0 Å². The molecule has 0 unspecified atom stereocenters. The Morgan fingerprint density at radius 3 is 2.48 bits per heavy atom. The Labute approximate surface area is 174 Å². The van der Waals surface area contributed by atoms with Crippen molar-refractivity contribution in [2.75, 3.05) is 0 Å². The van der Waals surface area contributed by atoms with Crippen LogP contribution in [0.5, 0.6) is 5.75 Å². The van der Waals surface area contributed by atoms with Crippen molar-refractivity contribution in [3.8, 4) is 11.4 Å². The number of benzene rings is 2. The normalized spacial score (nSPS) is 11.3. The second kappa shape index (κ2) is 8.32. The van der Waals surface area contributed by atoms with Crippen LogP contribution in [-0.2, 0) is 6.61 Å². The van der Waals surface area contributed by atoms with Gasteiger partial charge in [-0.15, -0.1) is 10.2 Å². The third kappa shape index (κ3) is 4.22. The van der Waals surface area contributed by atoms with Crippen molar-refractivity contribution in [2.45, 2.75) is 20.5 Å². The summed E-state index contributed by atoms with van der Waals surface area (Å²) in [4.78, 5) is 0. The first-order valence-electron chi connectivity index (χ1n) is 9.16. The number of nitrogens with zero attached hydrogens (tertiary/aromatic N) is 5. The molecule has 0 radical (unpaired) electrons. The third-order valence-corrected chi connectivity index (χ3v) is 5.02. The summed E-state index contributed by atoms with van der Waals surface area (Å²) in [6, 6.07) is 17.8. The predicted octanol–water partition coefficient (Wildman–Crippen LogP) is 4.80. The molecule has 0 aliphatic rings. The number of halogens is 1. The second-order valence-corrected chi connectivity index (χ2v) is 7.03. The molecule has 2 aromatic heterocycles. The quantitative estimate of drug-likeness (QED) is 0.433. The second-order valence-electron chi connectivity index (χ2n) is 6.62. The van der Waals surface area contributed by atoms with Gasteiger partial charge in [0.05, 0.1) is 6.21 Å². The van der Waals surface area contributed by atoms with Gasteiger partial charge in [-0.1, -0.05) is 29.8 Å². The van der Waals surface area contributed by atoms with Gasteiger partial charge in [0, 0.05) is 33.2 Å². The molecule has 0 atom stereocenters. The highest BCUT2D eigenvalue weighted by Crippen LogP contribution is 2.23. The molecule has 6 nitrogen and oxygen atoms in total. The first-order valence-corrected chi connectivity index (χ1v) is 9.54. The molecule has 2 heterocycles. The summed E-state index contributed by atoms with van der Waals surface area (Å²) in [5.41, 5.74) is 5.29. The SMILES string of the molecule is Cc1cc(/C=N\n2cnnc2)c(C)n1-c1ccc(OCc2ccccc2Cl)cc1. The number of aryl methyl sites for hydroxylation is 1. The van der Waals surface area contributed by atoms with Crippen LogP contribution >= 0.6 is 11.6 Å². The molecule has 0 N–H and O–H groups in total. The lowest BCUT2D eigenvalue weighted by Crippen LogP contribution is -2.00. The lowest BCUT2D eigenvalue weighted by Gasteiger charge is -2.12. The molecule has 0 aliphatic carbocycles. The molecule has 0 fully saturated rings. The minimum Gasteiger partial charge on any atom is -0.489 e. The van der Waals surface area contributed by atoms with Crippen LogP contribution in [0, 0.1) is 13.8 Å². The average Bonchev–Trinajstić information content (AvgIpc) is 3.34. The minimum absolute atomic E-state index is 0.435. The topological polar surface area (TPSA) is 57.2 Å². The van der Waals surface area contributed by atoms with Crippen molar-refractivity contribution in [3.05, 3.63) is 94.8 Å². The van der Waals surface area contributed by atoms with E-state index in [2.05, 4.69) is 39.8 Å². The number of aromatic nitrogens is 4. The van der Waals surface area contributed by atoms with Crippen LogP contribution in [0.2, 0.25) is 5.02 Å². The van der Waals surface area contributed by atoms with Crippen LogP contribution in [0.25, 0.3) is 5.69 Å². The van der Waals surface area contributed by atoms with E-state index in [-0.39, 0.29) is 0 Å². The summed E-state index contributed by atoms with van der Waals surface area (Å²) in [6.07, 6.45) is 4.91. The Kier molecular flexibility index (Phi) is 5.44. The molecule has 29 heavy (non-hydrogen) atoms. The van der Waals surface area contributed by atoms with Crippen molar-refractivity contribution in [3.63, 3.8) is 0 Å². The fraction of sp³-hybridized carbons (Fsp3) is 0.136. The van der Waals surface area contributed by atoms with Crippen LogP contribution in [0.15, 0.2) is 72.4 Å². The molecule has 7 heteroatoms. The molecule has 0 saturated carbocycles. The zero-order valence-corrected chi connectivity index (χ0v) is 16.9. The number of hydrogen-bond donors (Lipinski definition) is 0. The highest BCUT2D eigenvalue weighted by atomic mass is 35.5. The van der Waals surface area contributed by atoms with Gasteiger partial charge in [-0.2, -0.15) is 5.10 Å². The van der Waals surface area contributed by atoms with E-state index in [0.717, 1.165) is 34.0 Å². The zero-order chi connectivity index (χ0) is 20.2. The molecule has 0 aliphatic heterocycles. The minimum atomic E-state index is 0.435. The van der Waals surface area contributed by atoms with E-state index in [1.54, 1.807) is 17.3 Å². The first-order chi connectivity index (χ1) is 14.1. The van der Waals surface area contributed by atoms with Crippen LogP contribution in [0.1, 0.15) is 22.5 Å². The predicted molar refractivity (Wildman–Crippen MR) is 114 cm³/mol. The van der Waals surface area contributed by atoms with E-state index >= 15 is 0 Å². The van der Waals surface area contributed by atoms with Gasteiger partial charge in [-0.05, 0) is 50.2 Å². The molecule has 146 valence electrons. The molecular formula is C22H20ClN5O. The van der Waals surface area contributed by atoms with Crippen LogP contribution in [0.4, 0.5) is 0 Å². The summed E-state index contributed by atoms with van der Waals surface area (Å²) in [5.74, 6) is 0.797. The van der Waals surface area contributed by atoms with Crippen molar-refractivity contribution >= 4 is 17.8 Å². The highest BCUT2D eigenvalue weighted by molar-refractivity contribution is 6.31. The fourth-order valence-corrected chi connectivity index (χ4v) is 3.36. The molecule has 4 rings (SSSR count). The van der Waals surface area contributed by atoms with Crippen molar-refractivity contribution < 1.29 is 4.74 Å². The van der Waals surface area contributed by atoms with Gasteiger partial charge in [-0.3, -0.25) is 0 Å². The van der Waals surface area contributed by atoms with Crippen LogP contribution < -0.4 is 4.74 Å². The summed E-state index contributed by atoms with van der Waals surface area (Å²) in [5, 5.41) is 12.6. The summed E-state index contributed by atoms with van der Waals surface area (Å²) in [7, 11) is 0. The van der Waals surface area contributed by atoms with Crippen molar-refractivity contribution in [1.82, 2.24) is 19.4 Å². The van der Waals surface area contributed by atoms with Crippen molar-refractivity contribution in [1.29, 1.82) is 0 Å². The van der Waals surface area contributed by atoms with Gasteiger partial charge < -0.3 is 9.30 Å². The molecule has 4 aromatic rings. The molecule has 0 saturated heterocycles. The molecule has 0 spiro atoms. The third-order valence-electron chi connectivity index (χ3n) is 4.65. The van der Waals surface area contributed by atoms with E-state index in [1.807, 2.05) is 54.7 Å². The standard InChI is InChI=1S/C22H20ClN5O/c1-16-11-19(12-26-27-14-24-25-15-27)17(2)28(16)20-7-9-21(10-8-20)29-13-18-5-3-4-6-22(18)23/h3-12,14-15H,13H2,1-2H3/b26-12-. The van der Waals surface area contributed by atoms with E-state index in [0.29, 0.717) is 11.6 Å². The van der Waals surface area contributed by atoms with Crippen LogP contribution in [-0.4, -0.2) is 25.7 Å². The Hall–Kier alpha value is -3.38. The maximum absolute atomic E-state index is 6.19. The van der Waals surface area contributed by atoms with E-state index in [9.17, 15) is 0 Å². The lowest BCUT2D eigenvalue weighted by molar-refractivity contribution is 0.306. The molecule has 0 bridgehead atoms. The van der Waals surface area contributed by atoms with E-state index < -0.39 is 0 Å². The summed E-state index contributed by atoms with van der Waals surface area (Å²) in [6.45, 7) is 4.58. The van der Waals surface area contributed by atoms with Crippen LogP contribution in [0.3, 0.4) is 0 Å². The number of rotatable bonds is 6. The van der Waals surface area contributed by atoms with E-state index in [4.69, 9.17) is 16.3 Å². The summed E-state index contributed by atoms with van der Waals surface area (Å²) < 4.78 is 9.63. The van der Waals surface area contributed by atoms with Gasteiger partial charge in [0.2, 0.25) is 0 Å². The monoisotopic (exact) mass is 405 g/mol. The molecular weight excluding hydrogens is 386 g/mol. The maximum atomic E-state index is 6.19. The Morgan fingerprint density at radius 1 is 1.03 bits per heavy atom. The first kappa shape index (κ1) is 19.0. The largest absolute Gasteiger partial charge is 0.489 e. The zero-order valence-electron chi connectivity index (χ0n) is 16.2. The average molecular weight is 406 g/mol. The Bertz CT molecular complexity index is 1130. The fourth-order valence-electron chi connectivity index (χ4n) is 3.17.